The second-order valence-electron chi connectivity index (χ2n) is 6.76. The molecule has 0 bridgehead atoms. The molecule has 0 aliphatic heterocycles. The number of hydrogen-bond acceptors (Lipinski definition) is 5. The zero-order valence-corrected chi connectivity index (χ0v) is 14.4. The molecule has 2 rings (SSSR count). The third-order valence-electron chi connectivity index (χ3n) is 3.64. The molecule has 0 saturated heterocycles. The van der Waals surface area contributed by atoms with Crippen LogP contribution in [0.5, 0.6) is 0 Å². The van der Waals surface area contributed by atoms with Crippen LogP contribution < -0.4 is 5.32 Å². The van der Waals surface area contributed by atoms with Crippen LogP contribution in [0.1, 0.15) is 44.4 Å². The molecular weight excluding hydrogens is 308 g/mol. The molecule has 6 heteroatoms. The van der Waals surface area contributed by atoms with E-state index in [4.69, 9.17) is 9.47 Å². The van der Waals surface area contributed by atoms with E-state index in [0.29, 0.717) is 30.7 Å². The molecule has 0 aromatic heterocycles. The lowest BCUT2D eigenvalue weighted by molar-refractivity contribution is -0.147. The molecule has 1 atom stereocenters. The highest BCUT2D eigenvalue weighted by Gasteiger charge is 2.31. The van der Waals surface area contributed by atoms with Gasteiger partial charge in [0, 0.05) is 5.69 Å². The van der Waals surface area contributed by atoms with Gasteiger partial charge in [-0.15, -0.1) is 0 Å². The van der Waals surface area contributed by atoms with Gasteiger partial charge >= 0.3 is 12.1 Å². The minimum absolute atomic E-state index is 0.251. The summed E-state index contributed by atoms with van der Waals surface area (Å²) in [6.45, 7) is 7.44. The van der Waals surface area contributed by atoms with Crippen LogP contribution in [-0.2, 0) is 27.1 Å². The number of anilines is 1. The lowest BCUT2D eigenvalue weighted by Crippen LogP contribution is -2.27. The van der Waals surface area contributed by atoms with Crippen LogP contribution in [0.25, 0.3) is 0 Å². The quantitative estimate of drug-likeness (QED) is 0.860. The Morgan fingerprint density at radius 1 is 1.33 bits per heavy atom. The van der Waals surface area contributed by atoms with E-state index in [-0.39, 0.29) is 11.9 Å². The topological polar surface area (TPSA) is 88.4 Å². The van der Waals surface area contributed by atoms with Crippen LogP contribution in [0.2, 0.25) is 0 Å². The molecule has 0 radical (unpaired) electrons. The Balaban J connectivity index is 2.19. The fourth-order valence-electron chi connectivity index (χ4n) is 2.76. The third kappa shape index (κ3) is 4.25. The van der Waals surface area contributed by atoms with Gasteiger partial charge in [0.05, 0.1) is 24.2 Å². The van der Waals surface area contributed by atoms with Crippen molar-refractivity contribution in [3.63, 3.8) is 0 Å². The smallest absolute Gasteiger partial charge is 0.412 e. The summed E-state index contributed by atoms with van der Waals surface area (Å²) < 4.78 is 10.3. The van der Waals surface area contributed by atoms with E-state index in [1.807, 2.05) is 0 Å². The van der Waals surface area contributed by atoms with E-state index in [2.05, 4.69) is 11.4 Å². The summed E-state index contributed by atoms with van der Waals surface area (Å²) in [4.78, 5) is 23.8. The van der Waals surface area contributed by atoms with Gasteiger partial charge in [0.25, 0.3) is 0 Å². The summed E-state index contributed by atoms with van der Waals surface area (Å²) in [5.41, 5.74) is 2.09. The van der Waals surface area contributed by atoms with Crippen molar-refractivity contribution in [1.82, 2.24) is 0 Å². The van der Waals surface area contributed by atoms with Crippen LogP contribution in [0, 0.1) is 17.2 Å². The average molecular weight is 330 g/mol. The normalized spacial score (nSPS) is 16.0. The van der Waals surface area contributed by atoms with Crippen molar-refractivity contribution >= 4 is 17.7 Å². The Bertz CT molecular complexity index is 698. The predicted octanol–water partition coefficient (Wildman–Crippen LogP) is 3.18. The van der Waals surface area contributed by atoms with Crippen molar-refractivity contribution < 1.29 is 19.1 Å². The molecule has 1 aromatic rings. The van der Waals surface area contributed by atoms with Gasteiger partial charge < -0.3 is 9.47 Å². The van der Waals surface area contributed by atoms with E-state index < -0.39 is 11.7 Å². The standard InChI is InChI=1S/C18H22N2O4/c1-5-23-16(21)12-6-11-7-14(8-13(10-19)15(11)9-12)20-17(22)24-18(2,3)4/h7-8,12H,5-6,9H2,1-4H3,(H,20,22). The largest absolute Gasteiger partial charge is 0.466 e. The Hall–Kier alpha value is -2.55. The van der Waals surface area contributed by atoms with Crippen molar-refractivity contribution in [3.8, 4) is 6.07 Å². The molecule has 0 spiro atoms. The molecule has 1 aliphatic rings. The van der Waals surface area contributed by atoms with Crippen molar-refractivity contribution in [2.24, 2.45) is 5.92 Å². The first-order valence-electron chi connectivity index (χ1n) is 7.96. The van der Waals surface area contributed by atoms with E-state index in [1.54, 1.807) is 39.8 Å². The van der Waals surface area contributed by atoms with Gasteiger partial charge in [-0.25, -0.2) is 4.79 Å². The zero-order valence-electron chi connectivity index (χ0n) is 14.4. The Labute approximate surface area is 141 Å². The Morgan fingerprint density at radius 3 is 2.62 bits per heavy atom. The first-order valence-corrected chi connectivity index (χ1v) is 7.96. The summed E-state index contributed by atoms with van der Waals surface area (Å²) in [6.07, 6.45) is 0.419. The molecule has 0 saturated carbocycles. The molecule has 0 fully saturated rings. The van der Waals surface area contributed by atoms with E-state index >= 15 is 0 Å². The Kier molecular flexibility index (Phi) is 5.13. The van der Waals surface area contributed by atoms with Gasteiger partial charge in [0.2, 0.25) is 0 Å². The number of carbonyl (C=O) groups is 2. The van der Waals surface area contributed by atoms with Gasteiger partial charge in [-0.05, 0) is 63.8 Å². The predicted molar refractivity (Wildman–Crippen MR) is 88.5 cm³/mol. The highest BCUT2D eigenvalue weighted by molar-refractivity contribution is 5.86. The molecule has 1 aromatic carbocycles. The fraction of sp³-hybridized carbons (Fsp3) is 0.500. The number of nitriles is 1. The number of nitrogens with one attached hydrogen (secondary N) is 1. The first-order chi connectivity index (χ1) is 11.2. The van der Waals surface area contributed by atoms with E-state index in [0.717, 1.165) is 11.1 Å². The summed E-state index contributed by atoms with van der Waals surface area (Å²) in [5.74, 6) is -0.525. The number of ether oxygens (including phenoxy) is 2. The molecule has 6 nitrogen and oxygen atoms in total. The lowest BCUT2D eigenvalue weighted by Gasteiger charge is -2.20. The summed E-state index contributed by atoms with van der Waals surface area (Å²) in [6, 6.07) is 5.53. The highest BCUT2D eigenvalue weighted by atomic mass is 16.6. The van der Waals surface area contributed by atoms with Crippen LogP contribution in [0.15, 0.2) is 12.1 Å². The maximum Gasteiger partial charge on any atom is 0.412 e. The minimum atomic E-state index is -0.603. The molecular formula is C18H22N2O4. The molecule has 1 unspecified atom stereocenters. The third-order valence-corrected chi connectivity index (χ3v) is 3.64. The van der Waals surface area contributed by atoms with Crippen molar-refractivity contribution in [2.45, 2.75) is 46.1 Å². The molecule has 0 heterocycles. The maximum absolute atomic E-state index is 11.9. The van der Waals surface area contributed by atoms with Crippen molar-refractivity contribution in [1.29, 1.82) is 5.26 Å². The van der Waals surface area contributed by atoms with Gasteiger partial charge in [-0.3, -0.25) is 10.1 Å². The molecule has 1 aliphatic carbocycles. The highest BCUT2D eigenvalue weighted by Crippen LogP contribution is 2.33. The Morgan fingerprint density at radius 2 is 2.04 bits per heavy atom. The number of nitrogens with zero attached hydrogens (tertiary/aromatic N) is 1. The SMILES string of the molecule is CCOC(=O)C1Cc2cc(NC(=O)OC(C)(C)C)cc(C#N)c2C1. The lowest BCUT2D eigenvalue weighted by atomic mass is 10.0. The maximum atomic E-state index is 11.9. The summed E-state index contributed by atoms with van der Waals surface area (Å²) in [7, 11) is 0. The number of fused-ring (bicyclic) bond motifs is 1. The summed E-state index contributed by atoms with van der Waals surface area (Å²) >= 11 is 0. The number of amides is 1. The summed E-state index contributed by atoms with van der Waals surface area (Å²) in [5, 5.41) is 12.0. The number of benzene rings is 1. The average Bonchev–Trinajstić information content (AvgIpc) is 2.88. The number of rotatable bonds is 3. The van der Waals surface area contributed by atoms with Gasteiger partial charge in [-0.2, -0.15) is 5.26 Å². The van der Waals surface area contributed by atoms with Crippen LogP contribution >= 0.6 is 0 Å². The number of hydrogen-bond donors (Lipinski definition) is 1. The van der Waals surface area contributed by atoms with E-state index in [1.165, 1.54) is 0 Å². The fourth-order valence-corrected chi connectivity index (χ4v) is 2.76. The minimum Gasteiger partial charge on any atom is -0.466 e. The molecule has 24 heavy (non-hydrogen) atoms. The molecule has 1 N–H and O–H groups in total. The van der Waals surface area contributed by atoms with Crippen LogP contribution in [-0.4, -0.2) is 24.3 Å². The van der Waals surface area contributed by atoms with Gasteiger partial charge in [0.15, 0.2) is 0 Å². The number of esters is 1. The van der Waals surface area contributed by atoms with Crippen molar-refractivity contribution in [2.75, 3.05) is 11.9 Å². The first kappa shape index (κ1) is 17.8. The van der Waals surface area contributed by atoms with Crippen LogP contribution in [0.3, 0.4) is 0 Å². The molecule has 1 amide bonds. The second-order valence-corrected chi connectivity index (χ2v) is 6.76. The molecule has 128 valence electrons. The van der Waals surface area contributed by atoms with Crippen LogP contribution in [0.4, 0.5) is 10.5 Å². The zero-order chi connectivity index (χ0) is 17.9. The van der Waals surface area contributed by atoms with E-state index in [9.17, 15) is 14.9 Å². The second kappa shape index (κ2) is 6.91. The van der Waals surface area contributed by atoms with Gasteiger partial charge in [-0.1, -0.05) is 0 Å². The monoisotopic (exact) mass is 330 g/mol. The van der Waals surface area contributed by atoms with Crippen molar-refractivity contribution in [3.05, 3.63) is 28.8 Å². The van der Waals surface area contributed by atoms with Gasteiger partial charge in [0.1, 0.15) is 5.60 Å². The number of carbonyl (C=O) groups excluding carboxylic acids is 2.